The van der Waals surface area contributed by atoms with Gasteiger partial charge >= 0.3 is 0 Å². The fraction of sp³-hybridized carbons (Fsp3) is 0.481. The molecule has 176 valence electrons. The number of nitrogens with zero attached hydrogens (tertiary/aromatic N) is 1. The number of aryl methyl sites for hydroxylation is 1. The van der Waals surface area contributed by atoms with Crippen LogP contribution in [0.3, 0.4) is 0 Å². The highest BCUT2D eigenvalue weighted by Gasteiger charge is 2.33. The van der Waals surface area contributed by atoms with Crippen molar-refractivity contribution in [3.8, 4) is 5.75 Å². The summed E-state index contributed by atoms with van der Waals surface area (Å²) in [7, 11) is 0. The minimum atomic E-state index is -0.166. The van der Waals surface area contributed by atoms with Crippen LogP contribution in [0.5, 0.6) is 5.75 Å². The molecule has 33 heavy (non-hydrogen) atoms. The monoisotopic (exact) mass is 450 g/mol. The van der Waals surface area contributed by atoms with E-state index in [4.69, 9.17) is 9.47 Å². The van der Waals surface area contributed by atoms with Crippen LogP contribution in [-0.4, -0.2) is 49.1 Å². The van der Waals surface area contributed by atoms with Gasteiger partial charge in [-0.25, -0.2) is 0 Å². The Bertz CT molecular complexity index is 980. The molecule has 0 aromatic heterocycles. The van der Waals surface area contributed by atoms with Crippen molar-refractivity contribution in [1.29, 1.82) is 0 Å². The molecule has 6 heteroatoms. The summed E-state index contributed by atoms with van der Waals surface area (Å²) < 4.78 is 11.4. The van der Waals surface area contributed by atoms with E-state index >= 15 is 0 Å². The fourth-order valence-corrected chi connectivity index (χ4v) is 4.59. The zero-order valence-electron chi connectivity index (χ0n) is 19.8. The van der Waals surface area contributed by atoms with Crippen LogP contribution in [0.4, 0.5) is 0 Å². The van der Waals surface area contributed by atoms with Crippen molar-refractivity contribution in [1.82, 2.24) is 10.2 Å². The second kappa shape index (κ2) is 10.4. The lowest BCUT2D eigenvalue weighted by molar-refractivity contribution is -0.136. The highest BCUT2D eigenvalue weighted by atomic mass is 16.5. The van der Waals surface area contributed by atoms with Gasteiger partial charge < -0.3 is 19.7 Å². The van der Waals surface area contributed by atoms with Crippen molar-refractivity contribution in [2.75, 3.05) is 26.3 Å². The van der Waals surface area contributed by atoms with E-state index in [0.29, 0.717) is 18.8 Å². The summed E-state index contributed by atoms with van der Waals surface area (Å²) in [6, 6.07) is 14.2. The third-order valence-electron chi connectivity index (χ3n) is 6.44. The highest BCUT2D eigenvalue weighted by molar-refractivity contribution is 5.80. The van der Waals surface area contributed by atoms with Crippen molar-refractivity contribution in [2.45, 2.75) is 52.2 Å². The summed E-state index contributed by atoms with van der Waals surface area (Å²) >= 11 is 0. The van der Waals surface area contributed by atoms with E-state index < -0.39 is 0 Å². The first kappa shape index (κ1) is 23.3. The Labute approximate surface area is 196 Å². The molecular formula is C27H34N2O4. The number of fused-ring (bicyclic) bond motifs is 1. The number of hydrogen-bond acceptors (Lipinski definition) is 4. The quantitative estimate of drug-likeness (QED) is 0.697. The predicted octanol–water partition coefficient (Wildman–Crippen LogP) is 3.80. The lowest BCUT2D eigenvalue weighted by Gasteiger charge is -2.39. The first-order valence-corrected chi connectivity index (χ1v) is 11.9. The number of rotatable bonds is 7. The van der Waals surface area contributed by atoms with Gasteiger partial charge in [0.1, 0.15) is 5.75 Å². The van der Waals surface area contributed by atoms with E-state index in [0.717, 1.165) is 37.0 Å². The molecule has 0 aliphatic carbocycles. The summed E-state index contributed by atoms with van der Waals surface area (Å²) in [6.45, 7) is 7.88. The van der Waals surface area contributed by atoms with E-state index in [-0.39, 0.29) is 36.5 Å². The van der Waals surface area contributed by atoms with Crippen molar-refractivity contribution in [3.05, 3.63) is 64.7 Å². The number of carbonyl (C=O) groups excluding carboxylic acids is 2. The van der Waals surface area contributed by atoms with Crippen molar-refractivity contribution in [2.24, 2.45) is 5.92 Å². The number of carbonyl (C=O) groups is 2. The summed E-state index contributed by atoms with van der Waals surface area (Å²) in [5.41, 5.74) is 4.55. The average molecular weight is 451 g/mol. The smallest absolute Gasteiger partial charge is 0.258 e. The molecule has 2 amide bonds. The molecule has 0 spiro atoms. The molecule has 0 unspecified atom stereocenters. The molecule has 0 radical (unpaired) electrons. The molecule has 4 rings (SSSR count). The highest BCUT2D eigenvalue weighted by Crippen LogP contribution is 2.38. The molecule has 0 bridgehead atoms. The van der Waals surface area contributed by atoms with Gasteiger partial charge in [0.2, 0.25) is 5.91 Å². The molecule has 1 N–H and O–H groups in total. The van der Waals surface area contributed by atoms with Gasteiger partial charge in [0.15, 0.2) is 6.61 Å². The first-order valence-electron chi connectivity index (χ1n) is 11.9. The Kier molecular flexibility index (Phi) is 7.33. The standard InChI is InChI=1S/C27H34N2O4/c1-18(2)27(31)29-13-12-20-10-11-22(33-17-25(30)28-16-23-5-4-14-32-23)15-24(20)26(29)21-8-6-19(3)7-9-21/h6-11,15,18,23,26H,4-5,12-14,16-17H2,1-3H3,(H,28,30)/t23-,26-/m0/s1. The predicted molar refractivity (Wildman–Crippen MR) is 127 cm³/mol. The maximum atomic E-state index is 13.1. The van der Waals surface area contributed by atoms with Gasteiger partial charge in [-0.1, -0.05) is 49.7 Å². The molecule has 2 atom stereocenters. The molecular weight excluding hydrogens is 416 g/mol. The minimum absolute atomic E-state index is 0.0463. The molecule has 2 aliphatic heterocycles. The number of amides is 2. The van der Waals surface area contributed by atoms with Crippen molar-refractivity contribution >= 4 is 11.8 Å². The third kappa shape index (κ3) is 5.56. The lowest BCUT2D eigenvalue weighted by Crippen LogP contribution is -2.42. The first-order chi connectivity index (χ1) is 15.9. The van der Waals surface area contributed by atoms with Crippen LogP contribution in [-0.2, 0) is 20.7 Å². The topological polar surface area (TPSA) is 67.9 Å². The maximum Gasteiger partial charge on any atom is 0.258 e. The van der Waals surface area contributed by atoms with Gasteiger partial charge in [0.05, 0.1) is 12.1 Å². The van der Waals surface area contributed by atoms with Crippen LogP contribution in [0.2, 0.25) is 0 Å². The van der Waals surface area contributed by atoms with Gasteiger partial charge in [-0.05, 0) is 55.0 Å². The third-order valence-corrected chi connectivity index (χ3v) is 6.44. The van der Waals surface area contributed by atoms with Crippen LogP contribution < -0.4 is 10.1 Å². The SMILES string of the molecule is Cc1ccc([C@H]2c3cc(OCC(=O)NC[C@@H]4CCCO4)ccc3CCN2C(=O)C(C)C)cc1. The van der Waals surface area contributed by atoms with Crippen LogP contribution in [0, 0.1) is 12.8 Å². The Morgan fingerprint density at radius 1 is 1.18 bits per heavy atom. The van der Waals surface area contributed by atoms with E-state index in [2.05, 4.69) is 42.6 Å². The molecule has 2 heterocycles. The molecule has 2 aliphatic rings. The van der Waals surface area contributed by atoms with Gasteiger partial charge in [0, 0.05) is 25.6 Å². The Hall–Kier alpha value is -2.86. The van der Waals surface area contributed by atoms with E-state index in [9.17, 15) is 9.59 Å². The summed E-state index contributed by atoms with van der Waals surface area (Å²) in [5.74, 6) is 0.546. The van der Waals surface area contributed by atoms with Crippen LogP contribution in [0.25, 0.3) is 0 Å². The van der Waals surface area contributed by atoms with Gasteiger partial charge in [-0.3, -0.25) is 9.59 Å². The maximum absolute atomic E-state index is 13.1. The zero-order chi connectivity index (χ0) is 23.4. The fourth-order valence-electron chi connectivity index (χ4n) is 4.59. The molecule has 6 nitrogen and oxygen atoms in total. The second-order valence-corrected chi connectivity index (χ2v) is 9.34. The van der Waals surface area contributed by atoms with E-state index in [1.54, 1.807) is 0 Å². The Balaban J connectivity index is 1.52. The second-order valence-electron chi connectivity index (χ2n) is 9.34. The van der Waals surface area contributed by atoms with Crippen molar-refractivity contribution < 1.29 is 19.1 Å². The number of hydrogen-bond donors (Lipinski definition) is 1. The normalized spacial score (nSPS) is 19.9. The molecule has 2 aromatic carbocycles. The van der Waals surface area contributed by atoms with Crippen LogP contribution in [0.15, 0.2) is 42.5 Å². The van der Waals surface area contributed by atoms with Crippen molar-refractivity contribution in [3.63, 3.8) is 0 Å². The summed E-state index contributed by atoms with van der Waals surface area (Å²) in [4.78, 5) is 27.3. The number of benzene rings is 2. The lowest BCUT2D eigenvalue weighted by atomic mass is 9.87. The largest absolute Gasteiger partial charge is 0.484 e. The Morgan fingerprint density at radius 2 is 1.97 bits per heavy atom. The number of nitrogens with one attached hydrogen (secondary N) is 1. The average Bonchev–Trinajstić information content (AvgIpc) is 3.34. The number of ether oxygens (including phenoxy) is 2. The molecule has 0 saturated carbocycles. The molecule has 1 fully saturated rings. The van der Waals surface area contributed by atoms with E-state index in [1.807, 2.05) is 30.9 Å². The van der Waals surface area contributed by atoms with Gasteiger partial charge in [-0.15, -0.1) is 0 Å². The zero-order valence-corrected chi connectivity index (χ0v) is 19.8. The van der Waals surface area contributed by atoms with Crippen LogP contribution in [0.1, 0.15) is 55.0 Å². The molecule has 2 aromatic rings. The van der Waals surface area contributed by atoms with Gasteiger partial charge in [-0.2, -0.15) is 0 Å². The molecule has 1 saturated heterocycles. The van der Waals surface area contributed by atoms with Crippen LogP contribution >= 0.6 is 0 Å². The Morgan fingerprint density at radius 3 is 2.67 bits per heavy atom. The van der Waals surface area contributed by atoms with Gasteiger partial charge in [0.25, 0.3) is 5.91 Å². The summed E-state index contributed by atoms with van der Waals surface area (Å²) in [5, 5.41) is 2.89. The minimum Gasteiger partial charge on any atom is -0.484 e. The van der Waals surface area contributed by atoms with E-state index in [1.165, 1.54) is 11.1 Å². The summed E-state index contributed by atoms with van der Waals surface area (Å²) in [6.07, 6.45) is 2.94.